The highest BCUT2D eigenvalue weighted by Crippen LogP contribution is 2.30. The van der Waals surface area contributed by atoms with Crippen molar-refractivity contribution in [1.82, 2.24) is 14.1 Å². The lowest BCUT2D eigenvalue weighted by Gasteiger charge is -2.26. The second kappa shape index (κ2) is 11.2. The molecule has 2 heterocycles. The van der Waals surface area contributed by atoms with E-state index in [1.807, 2.05) is 43.3 Å². The van der Waals surface area contributed by atoms with Gasteiger partial charge in [0.2, 0.25) is 19.9 Å². The molecule has 0 radical (unpaired) electrons. The highest BCUT2D eigenvalue weighted by atomic mass is 32.2. The van der Waals surface area contributed by atoms with Gasteiger partial charge in [-0.1, -0.05) is 48.0 Å². The summed E-state index contributed by atoms with van der Waals surface area (Å²) in [5.74, 6) is 0. The van der Waals surface area contributed by atoms with Gasteiger partial charge >= 0.3 is 0 Å². The van der Waals surface area contributed by atoms with Crippen LogP contribution in [0.4, 0.5) is 0 Å². The molecule has 4 aromatic rings. The standard InChI is InChI=1S/C29H26N4O5S2/c1-22-10-12-26(13-11-22)39(34,35)28(20-30)19-24-21-33(25-7-3-2-4-8-25)31-29(24)23-6-5-9-27(18-23)40(36,37)32-14-16-38-17-15-32/h2-13,18-19,21H,14-17H2,1H3/b28-19-. The van der Waals surface area contributed by atoms with Gasteiger partial charge in [0, 0.05) is 30.4 Å². The number of hydrogen-bond acceptors (Lipinski definition) is 7. The van der Waals surface area contributed by atoms with Crippen molar-refractivity contribution in [3.05, 3.63) is 101 Å². The number of nitriles is 1. The van der Waals surface area contributed by atoms with Gasteiger partial charge in [-0.2, -0.15) is 14.7 Å². The Morgan fingerprint density at radius 2 is 1.62 bits per heavy atom. The maximum absolute atomic E-state index is 13.4. The predicted octanol–water partition coefficient (Wildman–Crippen LogP) is 4.21. The summed E-state index contributed by atoms with van der Waals surface area (Å²) in [6, 6.07) is 23.6. The SMILES string of the molecule is Cc1ccc(S(=O)(=O)/C(C#N)=C\c2cn(-c3ccccc3)nc2-c2cccc(S(=O)(=O)N3CCOCC3)c2)cc1. The Morgan fingerprint density at radius 3 is 2.30 bits per heavy atom. The fourth-order valence-electron chi connectivity index (χ4n) is 4.33. The van der Waals surface area contributed by atoms with E-state index in [0.29, 0.717) is 35.7 Å². The summed E-state index contributed by atoms with van der Waals surface area (Å²) < 4.78 is 61.6. The number of para-hydroxylation sites is 1. The van der Waals surface area contributed by atoms with Crippen molar-refractivity contribution >= 4 is 25.9 Å². The molecule has 0 N–H and O–H groups in total. The van der Waals surface area contributed by atoms with Crippen LogP contribution in [0.25, 0.3) is 23.0 Å². The van der Waals surface area contributed by atoms with E-state index >= 15 is 0 Å². The van der Waals surface area contributed by atoms with Gasteiger partial charge in [-0.05, 0) is 49.4 Å². The number of sulfonamides is 1. The molecule has 1 saturated heterocycles. The molecule has 40 heavy (non-hydrogen) atoms. The van der Waals surface area contributed by atoms with Gasteiger partial charge < -0.3 is 4.74 Å². The molecule has 0 unspecified atom stereocenters. The zero-order chi connectivity index (χ0) is 28.3. The van der Waals surface area contributed by atoms with Gasteiger partial charge in [0.1, 0.15) is 16.7 Å². The van der Waals surface area contributed by atoms with Crippen LogP contribution in [-0.4, -0.2) is 57.2 Å². The molecular weight excluding hydrogens is 548 g/mol. The van der Waals surface area contributed by atoms with Crippen LogP contribution in [0.15, 0.2) is 99.8 Å². The number of nitrogens with zero attached hydrogens (tertiary/aromatic N) is 4. The Morgan fingerprint density at radius 1 is 0.925 bits per heavy atom. The molecule has 0 amide bonds. The normalized spacial score (nSPS) is 15.1. The first kappa shape index (κ1) is 27.5. The molecule has 1 aliphatic heterocycles. The Hall–Kier alpha value is -4.08. The number of aryl methyl sites for hydroxylation is 1. The number of sulfone groups is 1. The first-order valence-electron chi connectivity index (χ1n) is 12.5. The number of rotatable bonds is 7. The van der Waals surface area contributed by atoms with Crippen LogP contribution in [0.5, 0.6) is 0 Å². The van der Waals surface area contributed by atoms with E-state index in [2.05, 4.69) is 5.10 Å². The minimum atomic E-state index is -4.12. The number of aromatic nitrogens is 2. The van der Waals surface area contributed by atoms with E-state index in [9.17, 15) is 22.1 Å². The van der Waals surface area contributed by atoms with Gasteiger partial charge in [0.15, 0.2) is 0 Å². The smallest absolute Gasteiger partial charge is 0.243 e. The zero-order valence-corrected chi connectivity index (χ0v) is 23.3. The summed E-state index contributed by atoms with van der Waals surface area (Å²) in [7, 11) is -7.90. The maximum atomic E-state index is 13.4. The van der Waals surface area contributed by atoms with Crippen LogP contribution in [0.2, 0.25) is 0 Å². The van der Waals surface area contributed by atoms with Crippen LogP contribution in [0.3, 0.4) is 0 Å². The van der Waals surface area contributed by atoms with Gasteiger partial charge in [0.05, 0.1) is 28.7 Å². The van der Waals surface area contributed by atoms with E-state index in [0.717, 1.165) is 5.56 Å². The van der Waals surface area contributed by atoms with Crippen LogP contribution in [0.1, 0.15) is 11.1 Å². The number of morpholine rings is 1. The minimum absolute atomic E-state index is 0.00139. The third-order valence-electron chi connectivity index (χ3n) is 6.50. The third-order valence-corrected chi connectivity index (χ3v) is 10.1. The molecule has 0 saturated carbocycles. The Balaban J connectivity index is 1.64. The number of allylic oxidation sites excluding steroid dienone is 1. The van der Waals surface area contributed by atoms with Crippen molar-refractivity contribution in [2.45, 2.75) is 16.7 Å². The average Bonchev–Trinajstić information content (AvgIpc) is 3.41. The van der Waals surface area contributed by atoms with E-state index in [1.54, 1.807) is 35.1 Å². The van der Waals surface area contributed by atoms with Crippen LogP contribution in [-0.2, 0) is 24.6 Å². The second-order valence-corrected chi connectivity index (χ2v) is 13.1. The molecule has 204 valence electrons. The van der Waals surface area contributed by atoms with Crippen LogP contribution in [0, 0.1) is 18.3 Å². The molecule has 0 bridgehead atoms. The van der Waals surface area contributed by atoms with Crippen molar-refractivity contribution in [1.29, 1.82) is 5.26 Å². The van der Waals surface area contributed by atoms with E-state index in [-0.39, 0.29) is 22.9 Å². The van der Waals surface area contributed by atoms with Crippen molar-refractivity contribution in [2.24, 2.45) is 0 Å². The molecular formula is C29H26N4O5S2. The summed E-state index contributed by atoms with van der Waals surface area (Å²) in [4.78, 5) is -0.368. The summed E-state index contributed by atoms with van der Waals surface area (Å²) in [5, 5.41) is 14.6. The first-order valence-corrected chi connectivity index (χ1v) is 15.4. The summed E-state index contributed by atoms with van der Waals surface area (Å²) >= 11 is 0. The number of hydrogen-bond donors (Lipinski definition) is 0. The molecule has 3 aromatic carbocycles. The molecule has 0 atom stereocenters. The largest absolute Gasteiger partial charge is 0.379 e. The lowest BCUT2D eigenvalue weighted by molar-refractivity contribution is 0.0730. The Kier molecular flexibility index (Phi) is 7.69. The highest BCUT2D eigenvalue weighted by Gasteiger charge is 2.27. The topological polar surface area (TPSA) is 122 Å². The third kappa shape index (κ3) is 5.48. The van der Waals surface area contributed by atoms with Crippen molar-refractivity contribution in [2.75, 3.05) is 26.3 Å². The Bertz CT molecular complexity index is 1820. The van der Waals surface area contributed by atoms with Gasteiger partial charge in [-0.3, -0.25) is 0 Å². The molecule has 11 heteroatoms. The fourth-order valence-corrected chi connectivity index (χ4v) is 6.93. The summed E-state index contributed by atoms with van der Waals surface area (Å²) in [6.45, 7) is 3.00. The number of ether oxygens (including phenoxy) is 1. The molecule has 0 aliphatic carbocycles. The second-order valence-electron chi connectivity index (χ2n) is 9.19. The molecule has 1 aromatic heterocycles. The van der Waals surface area contributed by atoms with Gasteiger partial charge in [-0.15, -0.1) is 0 Å². The van der Waals surface area contributed by atoms with Crippen LogP contribution < -0.4 is 0 Å². The number of benzene rings is 3. The molecule has 0 spiro atoms. The van der Waals surface area contributed by atoms with E-state index < -0.39 is 24.8 Å². The van der Waals surface area contributed by atoms with Gasteiger partial charge in [0.25, 0.3) is 0 Å². The zero-order valence-electron chi connectivity index (χ0n) is 21.6. The summed E-state index contributed by atoms with van der Waals surface area (Å²) in [6.07, 6.45) is 2.90. The van der Waals surface area contributed by atoms with Crippen molar-refractivity contribution in [3.63, 3.8) is 0 Å². The van der Waals surface area contributed by atoms with Gasteiger partial charge in [-0.25, -0.2) is 21.5 Å². The fraction of sp³-hybridized carbons (Fsp3) is 0.172. The van der Waals surface area contributed by atoms with Crippen LogP contribution >= 0.6 is 0 Å². The molecule has 1 aliphatic rings. The molecule has 1 fully saturated rings. The average molecular weight is 575 g/mol. The van der Waals surface area contributed by atoms with E-state index in [4.69, 9.17) is 4.74 Å². The lowest BCUT2D eigenvalue weighted by atomic mass is 10.1. The highest BCUT2D eigenvalue weighted by molar-refractivity contribution is 7.95. The molecule has 9 nitrogen and oxygen atoms in total. The van der Waals surface area contributed by atoms with E-state index in [1.165, 1.54) is 34.6 Å². The lowest BCUT2D eigenvalue weighted by Crippen LogP contribution is -2.40. The molecule has 5 rings (SSSR count). The maximum Gasteiger partial charge on any atom is 0.243 e. The quantitative estimate of drug-likeness (QED) is 0.303. The predicted molar refractivity (Wildman–Crippen MR) is 151 cm³/mol. The Labute approximate surface area is 233 Å². The first-order chi connectivity index (χ1) is 19.2. The van der Waals surface area contributed by atoms with Crippen molar-refractivity contribution in [3.8, 4) is 23.0 Å². The minimum Gasteiger partial charge on any atom is -0.379 e. The monoisotopic (exact) mass is 574 g/mol. The summed E-state index contributed by atoms with van der Waals surface area (Å²) in [5.41, 5.74) is 2.73. The van der Waals surface area contributed by atoms with Crippen molar-refractivity contribution < 1.29 is 21.6 Å².